The minimum Gasteiger partial charge on any atom is -0.374 e. The average Bonchev–Trinajstić information content (AvgIpc) is 2.48. The molecule has 0 atom stereocenters. The second kappa shape index (κ2) is 10.0. The second-order valence-corrected chi connectivity index (χ2v) is 7.67. The number of aryl methyl sites for hydroxylation is 1. The van der Waals surface area contributed by atoms with Gasteiger partial charge in [0.25, 0.3) is 0 Å². The van der Waals surface area contributed by atoms with Crippen molar-refractivity contribution in [2.75, 3.05) is 19.8 Å². The Morgan fingerprint density at radius 3 is 1.95 bits per heavy atom. The van der Waals surface area contributed by atoms with E-state index < -0.39 is 20.4 Å². The maximum Gasteiger partial charge on any atom is 0.500 e. The van der Waals surface area contributed by atoms with Crippen molar-refractivity contribution in [2.45, 2.75) is 46.1 Å². The van der Waals surface area contributed by atoms with Gasteiger partial charge in [0.1, 0.15) is 0 Å². The van der Waals surface area contributed by atoms with Gasteiger partial charge in [-0.2, -0.15) is 0 Å². The third-order valence-electron chi connectivity index (χ3n) is 3.28. The third kappa shape index (κ3) is 6.12. The van der Waals surface area contributed by atoms with Crippen molar-refractivity contribution in [1.82, 2.24) is 0 Å². The molecule has 0 saturated carbocycles. The van der Waals surface area contributed by atoms with E-state index in [2.05, 4.69) is 0 Å². The summed E-state index contributed by atoms with van der Waals surface area (Å²) in [5, 5.41) is 0. The molecule has 0 heterocycles. The molecule has 0 bridgehead atoms. The van der Waals surface area contributed by atoms with E-state index in [0.29, 0.717) is 26.2 Å². The molecular weight excluding hydrogens is 306 g/mol. The van der Waals surface area contributed by atoms with Gasteiger partial charge in [0, 0.05) is 25.9 Å². The van der Waals surface area contributed by atoms with E-state index in [4.69, 9.17) is 13.3 Å². The van der Waals surface area contributed by atoms with Crippen LogP contribution in [0.3, 0.4) is 0 Å². The third-order valence-corrected chi connectivity index (χ3v) is 6.43. The Morgan fingerprint density at radius 2 is 1.45 bits per heavy atom. The Hall–Kier alpha value is -0.823. The molecule has 0 spiro atoms. The fourth-order valence-corrected chi connectivity index (χ4v) is 5.05. The molecule has 0 aliphatic heterocycles. The highest BCUT2D eigenvalue weighted by Crippen LogP contribution is 2.20. The van der Waals surface area contributed by atoms with Crippen LogP contribution in [0, 0.1) is 11.6 Å². The van der Waals surface area contributed by atoms with Crippen LogP contribution in [0.4, 0.5) is 8.78 Å². The molecule has 0 radical (unpaired) electrons. The Balaban J connectivity index is 2.49. The van der Waals surface area contributed by atoms with Crippen molar-refractivity contribution >= 4 is 8.80 Å². The molecule has 1 aromatic rings. The number of hydrogen-bond donors (Lipinski definition) is 0. The second-order valence-electron chi connectivity index (χ2n) is 4.94. The standard InChI is InChI=1S/C16H26F2O3Si/c1-4-19-22(20-5-2,21-6-3)12-8-7-9-14-10-11-15(17)16(18)13-14/h10-11,13H,4-9,12H2,1-3H3. The Bertz CT molecular complexity index is 426. The molecule has 0 fully saturated rings. The van der Waals surface area contributed by atoms with Crippen molar-refractivity contribution < 1.29 is 22.1 Å². The first kappa shape index (κ1) is 19.2. The van der Waals surface area contributed by atoms with E-state index in [1.54, 1.807) is 6.07 Å². The summed E-state index contributed by atoms with van der Waals surface area (Å²) in [5.74, 6) is -1.60. The van der Waals surface area contributed by atoms with E-state index in [1.165, 1.54) is 12.1 Å². The van der Waals surface area contributed by atoms with E-state index in [-0.39, 0.29) is 0 Å². The largest absolute Gasteiger partial charge is 0.500 e. The molecule has 0 saturated heterocycles. The predicted octanol–water partition coefficient (Wildman–Crippen LogP) is 4.34. The van der Waals surface area contributed by atoms with Gasteiger partial charge in [-0.3, -0.25) is 0 Å². The molecule has 0 amide bonds. The van der Waals surface area contributed by atoms with Crippen LogP contribution in [-0.2, 0) is 19.7 Å². The normalized spacial score (nSPS) is 11.9. The van der Waals surface area contributed by atoms with Crippen molar-refractivity contribution in [3.63, 3.8) is 0 Å². The summed E-state index contributed by atoms with van der Waals surface area (Å²) in [6.07, 6.45) is 2.42. The summed E-state index contributed by atoms with van der Waals surface area (Å²) in [4.78, 5) is 0. The summed E-state index contributed by atoms with van der Waals surface area (Å²) >= 11 is 0. The van der Waals surface area contributed by atoms with E-state index in [0.717, 1.165) is 24.4 Å². The molecule has 3 nitrogen and oxygen atoms in total. The zero-order chi connectivity index (χ0) is 16.4. The van der Waals surface area contributed by atoms with E-state index >= 15 is 0 Å². The van der Waals surface area contributed by atoms with Gasteiger partial charge in [-0.05, 0) is 57.7 Å². The molecule has 0 aliphatic carbocycles. The van der Waals surface area contributed by atoms with Gasteiger partial charge < -0.3 is 13.3 Å². The van der Waals surface area contributed by atoms with Crippen LogP contribution in [0.1, 0.15) is 39.2 Å². The van der Waals surface area contributed by atoms with Crippen molar-refractivity contribution in [3.05, 3.63) is 35.4 Å². The lowest BCUT2D eigenvalue weighted by atomic mass is 10.1. The Morgan fingerprint density at radius 1 is 0.864 bits per heavy atom. The highest BCUT2D eigenvalue weighted by atomic mass is 28.4. The first-order valence-corrected chi connectivity index (χ1v) is 9.85. The molecule has 0 N–H and O–H groups in total. The summed E-state index contributed by atoms with van der Waals surface area (Å²) < 4.78 is 43.4. The van der Waals surface area contributed by atoms with Gasteiger partial charge in [0.2, 0.25) is 0 Å². The van der Waals surface area contributed by atoms with Gasteiger partial charge in [0.05, 0.1) is 0 Å². The monoisotopic (exact) mass is 332 g/mol. The predicted molar refractivity (Wildman–Crippen MR) is 84.7 cm³/mol. The minimum absolute atomic E-state index is 0.565. The van der Waals surface area contributed by atoms with Gasteiger partial charge >= 0.3 is 8.80 Å². The van der Waals surface area contributed by atoms with Crippen molar-refractivity contribution in [2.24, 2.45) is 0 Å². The highest BCUT2D eigenvalue weighted by molar-refractivity contribution is 6.60. The van der Waals surface area contributed by atoms with Gasteiger partial charge in [-0.1, -0.05) is 6.07 Å². The molecule has 0 aromatic heterocycles. The molecular formula is C16H26F2O3Si. The van der Waals surface area contributed by atoms with Crippen LogP contribution < -0.4 is 0 Å². The van der Waals surface area contributed by atoms with Gasteiger partial charge in [-0.15, -0.1) is 0 Å². The number of hydrogen-bond acceptors (Lipinski definition) is 3. The summed E-state index contributed by atoms with van der Waals surface area (Å²) in [5.41, 5.74) is 0.801. The molecule has 0 unspecified atom stereocenters. The first-order chi connectivity index (χ1) is 10.6. The fourth-order valence-electron chi connectivity index (χ4n) is 2.37. The van der Waals surface area contributed by atoms with Gasteiger partial charge in [-0.25, -0.2) is 8.78 Å². The SMILES string of the molecule is CCO[Si](CCCCc1ccc(F)c(F)c1)(OCC)OCC. The average molecular weight is 332 g/mol. The topological polar surface area (TPSA) is 27.7 Å². The summed E-state index contributed by atoms with van der Waals surface area (Å²) in [7, 11) is -2.59. The summed E-state index contributed by atoms with van der Waals surface area (Å²) in [6, 6.07) is 4.79. The maximum absolute atomic E-state index is 13.2. The fraction of sp³-hybridized carbons (Fsp3) is 0.625. The molecule has 1 aromatic carbocycles. The lowest BCUT2D eigenvalue weighted by molar-refractivity contribution is 0.0707. The van der Waals surface area contributed by atoms with Crippen LogP contribution in [0.15, 0.2) is 18.2 Å². The summed E-state index contributed by atoms with van der Waals surface area (Å²) in [6.45, 7) is 7.49. The lowest BCUT2D eigenvalue weighted by Crippen LogP contribution is -2.45. The Kier molecular flexibility index (Phi) is 8.78. The molecule has 6 heteroatoms. The van der Waals surface area contributed by atoms with Gasteiger partial charge in [0.15, 0.2) is 11.6 Å². The van der Waals surface area contributed by atoms with Crippen LogP contribution in [0.2, 0.25) is 6.04 Å². The van der Waals surface area contributed by atoms with Crippen LogP contribution in [0.5, 0.6) is 0 Å². The zero-order valence-electron chi connectivity index (χ0n) is 13.7. The molecule has 126 valence electrons. The molecule has 1 rings (SSSR count). The number of benzene rings is 1. The zero-order valence-corrected chi connectivity index (χ0v) is 14.7. The smallest absolute Gasteiger partial charge is 0.374 e. The number of halogens is 2. The number of rotatable bonds is 11. The molecule has 22 heavy (non-hydrogen) atoms. The van der Waals surface area contributed by atoms with Crippen molar-refractivity contribution in [3.8, 4) is 0 Å². The maximum atomic E-state index is 13.2. The van der Waals surface area contributed by atoms with Crippen LogP contribution >= 0.6 is 0 Å². The minimum atomic E-state index is -2.59. The van der Waals surface area contributed by atoms with E-state index in [9.17, 15) is 8.78 Å². The Labute approximate surface area is 133 Å². The van der Waals surface area contributed by atoms with Crippen LogP contribution in [-0.4, -0.2) is 28.6 Å². The first-order valence-electron chi connectivity index (χ1n) is 7.92. The van der Waals surface area contributed by atoms with E-state index in [1.807, 2.05) is 20.8 Å². The quantitative estimate of drug-likeness (QED) is 0.446. The van der Waals surface area contributed by atoms with Crippen molar-refractivity contribution in [1.29, 1.82) is 0 Å². The van der Waals surface area contributed by atoms with Crippen LogP contribution in [0.25, 0.3) is 0 Å². The lowest BCUT2D eigenvalue weighted by Gasteiger charge is -2.28. The highest BCUT2D eigenvalue weighted by Gasteiger charge is 2.39. The molecule has 0 aliphatic rings. The number of unbranched alkanes of at least 4 members (excludes halogenated alkanes) is 1.